The zero-order chi connectivity index (χ0) is 18.3. The van der Waals surface area contributed by atoms with E-state index in [1.807, 2.05) is 0 Å². The smallest absolute Gasteiger partial charge is 0.262 e. The molecule has 0 amide bonds. The van der Waals surface area contributed by atoms with Gasteiger partial charge in [0, 0.05) is 6.54 Å². The topological polar surface area (TPSA) is 133 Å². The molecule has 0 saturated carbocycles. The van der Waals surface area contributed by atoms with E-state index >= 15 is 0 Å². The molecule has 0 radical (unpaired) electrons. The first-order valence-corrected chi connectivity index (χ1v) is 7.97. The number of nitrogens with zero attached hydrogens (tertiary/aromatic N) is 4. The molecule has 0 spiro atoms. The second kappa shape index (κ2) is 6.52. The van der Waals surface area contributed by atoms with E-state index in [1.54, 1.807) is 31.2 Å². The van der Waals surface area contributed by atoms with Gasteiger partial charge in [-0.1, -0.05) is 12.1 Å². The van der Waals surface area contributed by atoms with Crippen molar-refractivity contribution in [2.45, 2.75) is 44.8 Å². The number of hydrogen-bond donors (Lipinski definition) is 4. The first-order chi connectivity index (χ1) is 11.9. The molecule has 3 aromatic rings. The normalized spacial score (nSPS) is 16.9. The molecule has 0 bridgehead atoms. The van der Waals surface area contributed by atoms with Crippen LogP contribution in [0.1, 0.15) is 25.8 Å². The van der Waals surface area contributed by atoms with E-state index in [4.69, 9.17) is 0 Å². The number of para-hydroxylation sites is 1. The average Bonchev–Trinajstić information content (AvgIpc) is 3.05. The maximum atomic E-state index is 12.6. The van der Waals surface area contributed by atoms with Gasteiger partial charge in [0.2, 0.25) is 5.78 Å². The minimum Gasteiger partial charge on any atom is -0.391 e. The molecule has 4 atom stereocenters. The van der Waals surface area contributed by atoms with Crippen LogP contribution < -0.4 is 5.56 Å². The summed E-state index contributed by atoms with van der Waals surface area (Å²) in [5, 5.41) is 48.1. The van der Waals surface area contributed by atoms with E-state index in [1.165, 1.54) is 15.9 Å². The van der Waals surface area contributed by atoms with Crippen molar-refractivity contribution in [3.8, 4) is 0 Å². The van der Waals surface area contributed by atoms with Gasteiger partial charge in [0.1, 0.15) is 18.3 Å². The Balaban J connectivity index is 2.28. The van der Waals surface area contributed by atoms with Crippen LogP contribution in [0.15, 0.2) is 29.1 Å². The van der Waals surface area contributed by atoms with Crippen LogP contribution in [0.2, 0.25) is 0 Å². The molecule has 2 aromatic heterocycles. The molecule has 9 nitrogen and oxygen atoms in total. The third kappa shape index (κ3) is 2.71. The second-order valence-corrected chi connectivity index (χ2v) is 5.93. The molecule has 0 aliphatic carbocycles. The van der Waals surface area contributed by atoms with Gasteiger partial charge in [-0.2, -0.15) is 0 Å². The summed E-state index contributed by atoms with van der Waals surface area (Å²) in [4.78, 5) is 12.6. The zero-order valence-electron chi connectivity index (χ0n) is 13.8. The lowest BCUT2D eigenvalue weighted by Gasteiger charge is -2.24. The highest BCUT2D eigenvalue weighted by atomic mass is 16.4. The number of aromatic nitrogens is 4. The Morgan fingerprint density at radius 1 is 1.08 bits per heavy atom. The minimum absolute atomic E-state index is 0.0272. The number of aliphatic hydroxyl groups excluding tert-OH is 4. The third-order valence-electron chi connectivity index (χ3n) is 4.28. The largest absolute Gasteiger partial charge is 0.391 e. The fraction of sp³-hybridized carbons (Fsp3) is 0.438. The van der Waals surface area contributed by atoms with Crippen LogP contribution >= 0.6 is 0 Å². The highest BCUT2D eigenvalue weighted by Gasteiger charge is 2.33. The highest BCUT2D eigenvalue weighted by Crippen LogP contribution is 2.22. The highest BCUT2D eigenvalue weighted by molar-refractivity contribution is 5.80. The molecule has 2 heterocycles. The van der Waals surface area contributed by atoms with Crippen molar-refractivity contribution in [2.75, 3.05) is 0 Å². The maximum Gasteiger partial charge on any atom is 0.262 e. The number of aryl methyl sites for hydroxylation is 1. The molecule has 1 unspecified atom stereocenters. The van der Waals surface area contributed by atoms with E-state index in [9.17, 15) is 25.2 Å². The summed E-state index contributed by atoms with van der Waals surface area (Å²) in [7, 11) is 0. The van der Waals surface area contributed by atoms with Crippen LogP contribution in [0.5, 0.6) is 0 Å². The fourth-order valence-corrected chi connectivity index (χ4v) is 2.88. The van der Waals surface area contributed by atoms with Crippen molar-refractivity contribution in [3.05, 3.63) is 40.4 Å². The SMILES string of the molecule is CCn1c(=O)c2ccccc2n2c([C@@H](O)[C@H](O)[C@H](O)C(C)O)nnc12. The predicted octanol–water partition coefficient (Wildman–Crippen LogP) is -0.800. The first-order valence-electron chi connectivity index (χ1n) is 7.97. The van der Waals surface area contributed by atoms with Crippen molar-refractivity contribution < 1.29 is 20.4 Å². The van der Waals surface area contributed by atoms with Gasteiger partial charge in [0.25, 0.3) is 5.56 Å². The van der Waals surface area contributed by atoms with Gasteiger partial charge in [0.05, 0.1) is 17.0 Å². The van der Waals surface area contributed by atoms with E-state index in [2.05, 4.69) is 10.2 Å². The van der Waals surface area contributed by atoms with Crippen molar-refractivity contribution >= 4 is 16.7 Å². The van der Waals surface area contributed by atoms with Gasteiger partial charge in [0.15, 0.2) is 5.82 Å². The monoisotopic (exact) mass is 348 g/mol. The molecule has 134 valence electrons. The Labute approximate surface area is 142 Å². The zero-order valence-corrected chi connectivity index (χ0v) is 13.8. The van der Waals surface area contributed by atoms with Crippen molar-refractivity contribution in [3.63, 3.8) is 0 Å². The van der Waals surface area contributed by atoms with Crippen molar-refractivity contribution in [1.82, 2.24) is 19.2 Å². The van der Waals surface area contributed by atoms with Crippen LogP contribution in [-0.2, 0) is 6.54 Å². The van der Waals surface area contributed by atoms with Gasteiger partial charge in [-0.3, -0.25) is 13.8 Å². The van der Waals surface area contributed by atoms with E-state index in [-0.39, 0.29) is 17.2 Å². The van der Waals surface area contributed by atoms with E-state index in [0.29, 0.717) is 17.4 Å². The molecule has 3 rings (SSSR count). The van der Waals surface area contributed by atoms with Crippen LogP contribution in [0.4, 0.5) is 0 Å². The summed E-state index contributed by atoms with van der Waals surface area (Å²) < 4.78 is 2.88. The summed E-state index contributed by atoms with van der Waals surface area (Å²) >= 11 is 0. The summed E-state index contributed by atoms with van der Waals surface area (Å²) in [6.07, 6.45) is -6.08. The van der Waals surface area contributed by atoms with E-state index < -0.39 is 24.4 Å². The molecule has 4 N–H and O–H groups in total. The molecule has 25 heavy (non-hydrogen) atoms. The number of fused-ring (bicyclic) bond motifs is 3. The molecule has 1 aromatic carbocycles. The minimum atomic E-state index is -1.67. The number of rotatable bonds is 5. The van der Waals surface area contributed by atoms with Crippen LogP contribution in [0.3, 0.4) is 0 Å². The lowest BCUT2D eigenvalue weighted by molar-refractivity contribution is -0.103. The number of aliphatic hydroxyl groups is 4. The van der Waals surface area contributed by atoms with Gasteiger partial charge >= 0.3 is 0 Å². The lowest BCUT2D eigenvalue weighted by atomic mass is 10.0. The van der Waals surface area contributed by atoms with Crippen molar-refractivity contribution in [1.29, 1.82) is 0 Å². The molecule has 0 aliphatic heterocycles. The van der Waals surface area contributed by atoms with Gasteiger partial charge < -0.3 is 20.4 Å². The average molecular weight is 348 g/mol. The summed E-state index contributed by atoms with van der Waals surface area (Å²) in [5.74, 6) is 0.194. The Morgan fingerprint density at radius 2 is 1.76 bits per heavy atom. The van der Waals surface area contributed by atoms with Gasteiger partial charge in [-0.25, -0.2) is 0 Å². The van der Waals surface area contributed by atoms with Crippen LogP contribution in [-0.4, -0.2) is 57.9 Å². The lowest BCUT2D eigenvalue weighted by Crippen LogP contribution is -2.40. The van der Waals surface area contributed by atoms with Gasteiger partial charge in [-0.15, -0.1) is 10.2 Å². The summed E-state index contributed by atoms with van der Waals surface area (Å²) in [6, 6.07) is 6.79. The van der Waals surface area contributed by atoms with Crippen LogP contribution in [0.25, 0.3) is 16.7 Å². The molecule has 0 saturated heterocycles. The number of hydrogen-bond acceptors (Lipinski definition) is 7. The quantitative estimate of drug-likeness (QED) is 0.474. The van der Waals surface area contributed by atoms with Crippen LogP contribution in [0, 0.1) is 0 Å². The Hall–Kier alpha value is -2.33. The third-order valence-corrected chi connectivity index (χ3v) is 4.28. The Bertz CT molecular complexity index is 964. The molecule has 9 heteroatoms. The maximum absolute atomic E-state index is 12.6. The number of benzene rings is 1. The standard InChI is InChI=1S/C16H20N4O5/c1-3-19-15(25)9-6-4-5-7-10(9)20-14(17-18-16(19)20)13(24)12(23)11(22)8(2)21/h4-8,11-13,21-24H,3H2,1-2H3/t8?,11-,12-,13+/m1/s1. The van der Waals surface area contributed by atoms with Crippen molar-refractivity contribution in [2.24, 2.45) is 0 Å². The summed E-state index contributed by atoms with van der Waals surface area (Å²) in [6.45, 7) is 3.43. The predicted molar refractivity (Wildman–Crippen MR) is 89.1 cm³/mol. The second-order valence-electron chi connectivity index (χ2n) is 5.93. The fourth-order valence-electron chi connectivity index (χ4n) is 2.88. The molecule has 0 fully saturated rings. The Morgan fingerprint density at radius 3 is 2.40 bits per heavy atom. The van der Waals surface area contributed by atoms with E-state index in [0.717, 1.165) is 0 Å². The molecule has 0 aliphatic rings. The van der Waals surface area contributed by atoms with Gasteiger partial charge in [-0.05, 0) is 26.0 Å². The first kappa shape index (κ1) is 17.5. The summed E-state index contributed by atoms with van der Waals surface area (Å²) in [5.41, 5.74) is 0.244. The molecular weight excluding hydrogens is 328 g/mol. The molecular formula is C16H20N4O5. The Kier molecular flexibility index (Phi) is 4.56.